The summed E-state index contributed by atoms with van der Waals surface area (Å²) in [6.07, 6.45) is 0.339. The Kier molecular flexibility index (Phi) is 5.02. The zero-order valence-electron chi connectivity index (χ0n) is 16.3. The quantitative estimate of drug-likeness (QED) is 0.384. The number of amides is 1. The lowest BCUT2D eigenvalue weighted by Crippen LogP contribution is -2.29. The van der Waals surface area contributed by atoms with Crippen LogP contribution in [0.1, 0.15) is 21.1 Å². The number of thiazole rings is 1. The van der Waals surface area contributed by atoms with Gasteiger partial charge >= 0.3 is 6.18 Å². The van der Waals surface area contributed by atoms with E-state index >= 15 is 0 Å². The Bertz CT molecular complexity index is 1350. The minimum atomic E-state index is -4.67. The Morgan fingerprint density at radius 3 is 2.62 bits per heavy atom. The van der Waals surface area contributed by atoms with Crippen molar-refractivity contribution in [3.8, 4) is 11.1 Å². The molecule has 0 unspecified atom stereocenters. The molecule has 5 nitrogen and oxygen atoms in total. The van der Waals surface area contributed by atoms with Gasteiger partial charge < -0.3 is 4.90 Å². The number of rotatable bonds is 3. The molecule has 0 radical (unpaired) electrons. The Labute approximate surface area is 189 Å². The third-order valence-electron chi connectivity index (χ3n) is 5.19. The van der Waals surface area contributed by atoms with Crippen LogP contribution in [0, 0.1) is 0 Å². The average Bonchev–Trinajstić information content (AvgIpc) is 3.53. The molecule has 0 spiro atoms. The molecule has 10 heteroatoms. The second-order valence-corrected chi connectivity index (χ2v) is 8.46. The number of halogens is 4. The van der Waals surface area contributed by atoms with Crippen LogP contribution in [-0.2, 0) is 6.18 Å². The highest BCUT2D eigenvalue weighted by Gasteiger charge is 2.37. The zero-order valence-corrected chi connectivity index (χ0v) is 17.9. The van der Waals surface area contributed by atoms with E-state index < -0.39 is 23.3 Å². The van der Waals surface area contributed by atoms with E-state index in [-0.39, 0.29) is 17.4 Å². The highest BCUT2D eigenvalue weighted by atomic mass is 35.5. The fraction of sp³-hybridized carbons (Fsp3) is 0.136. The SMILES string of the molecule is O=C(c1nc2c(C(F)(F)F)cc(-c3ccccc3)cn2c1Cl)N1CC=C(c2nccs2)C1. The van der Waals surface area contributed by atoms with E-state index in [1.807, 2.05) is 11.5 Å². The van der Waals surface area contributed by atoms with Crippen LogP contribution in [0.3, 0.4) is 0 Å². The van der Waals surface area contributed by atoms with E-state index in [9.17, 15) is 18.0 Å². The number of pyridine rings is 1. The van der Waals surface area contributed by atoms with Gasteiger partial charge in [0.05, 0.1) is 5.56 Å². The molecule has 1 aliphatic heterocycles. The summed E-state index contributed by atoms with van der Waals surface area (Å²) in [5.74, 6) is -0.532. The molecule has 4 heterocycles. The molecule has 32 heavy (non-hydrogen) atoms. The number of aromatic nitrogens is 3. The molecule has 5 rings (SSSR count). The number of fused-ring (bicyclic) bond motifs is 1. The fourth-order valence-electron chi connectivity index (χ4n) is 3.65. The third-order valence-corrected chi connectivity index (χ3v) is 6.40. The molecule has 162 valence electrons. The molecular weight excluding hydrogens is 461 g/mol. The van der Waals surface area contributed by atoms with E-state index in [0.29, 0.717) is 17.7 Å². The van der Waals surface area contributed by atoms with Gasteiger partial charge in [0.1, 0.15) is 10.2 Å². The maximum absolute atomic E-state index is 13.9. The van der Waals surface area contributed by atoms with E-state index in [4.69, 9.17) is 11.6 Å². The van der Waals surface area contributed by atoms with Crippen molar-refractivity contribution in [2.75, 3.05) is 13.1 Å². The topological polar surface area (TPSA) is 50.5 Å². The summed E-state index contributed by atoms with van der Waals surface area (Å²) in [5, 5.41) is 2.48. The number of benzene rings is 1. The zero-order chi connectivity index (χ0) is 22.5. The van der Waals surface area contributed by atoms with Crippen molar-refractivity contribution < 1.29 is 18.0 Å². The molecule has 0 atom stereocenters. The Morgan fingerprint density at radius 2 is 1.94 bits per heavy atom. The van der Waals surface area contributed by atoms with Crippen LogP contribution in [0.2, 0.25) is 5.15 Å². The molecule has 0 aliphatic carbocycles. The fourth-order valence-corrected chi connectivity index (χ4v) is 4.57. The normalized spacial score (nSPS) is 14.2. The number of hydrogen-bond donors (Lipinski definition) is 0. The van der Waals surface area contributed by atoms with Gasteiger partial charge in [0, 0.05) is 36.4 Å². The number of hydrogen-bond acceptors (Lipinski definition) is 4. The van der Waals surface area contributed by atoms with Crippen molar-refractivity contribution in [1.82, 2.24) is 19.3 Å². The van der Waals surface area contributed by atoms with Crippen molar-refractivity contribution in [1.29, 1.82) is 0 Å². The number of nitrogens with zero attached hydrogens (tertiary/aromatic N) is 4. The standard InChI is InChI=1S/C22H14ClF3N4OS/c23-18-17(21(31)29-8-6-14(11-29)20-27-7-9-32-20)28-19-16(22(24,25)26)10-15(12-30(18)19)13-4-2-1-3-5-13/h1-7,9-10,12H,8,11H2. The molecule has 1 aliphatic rings. The summed E-state index contributed by atoms with van der Waals surface area (Å²) >= 11 is 7.86. The van der Waals surface area contributed by atoms with Crippen molar-refractivity contribution >= 4 is 40.1 Å². The van der Waals surface area contributed by atoms with Gasteiger partial charge in [-0.1, -0.05) is 48.0 Å². The summed E-state index contributed by atoms with van der Waals surface area (Å²) in [6, 6.07) is 9.68. The molecule has 1 amide bonds. The largest absolute Gasteiger partial charge is 0.420 e. The average molecular weight is 475 g/mol. The van der Waals surface area contributed by atoms with E-state index in [2.05, 4.69) is 9.97 Å². The van der Waals surface area contributed by atoms with Crippen molar-refractivity contribution in [2.45, 2.75) is 6.18 Å². The summed E-state index contributed by atoms with van der Waals surface area (Å²) in [4.78, 5) is 22.8. The maximum atomic E-state index is 13.9. The van der Waals surface area contributed by atoms with Gasteiger partial charge in [-0.25, -0.2) is 9.97 Å². The Balaban J connectivity index is 1.57. The van der Waals surface area contributed by atoms with Crippen LogP contribution in [0.25, 0.3) is 22.3 Å². The molecule has 3 aromatic heterocycles. The number of imidazole rings is 1. The molecule has 0 saturated carbocycles. The Morgan fingerprint density at radius 1 is 1.16 bits per heavy atom. The first-order chi connectivity index (χ1) is 15.3. The lowest BCUT2D eigenvalue weighted by atomic mass is 10.1. The third kappa shape index (κ3) is 3.57. The molecule has 0 bridgehead atoms. The van der Waals surface area contributed by atoms with Gasteiger partial charge in [-0.05, 0) is 17.2 Å². The van der Waals surface area contributed by atoms with Crippen LogP contribution in [0.15, 0.2) is 60.2 Å². The van der Waals surface area contributed by atoms with Crippen LogP contribution in [0.5, 0.6) is 0 Å². The van der Waals surface area contributed by atoms with Crippen LogP contribution < -0.4 is 0 Å². The first-order valence-corrected chi connectivity index (χ1v) is 10.8. The van der Waals surface area contributed by atoms with Crippen LogP contribution in [-0.4, -0.2) is 38.3 Å². The number of carbonyl (C=O) groups excluding carboxylic acids is 1. The van der Waals surface area contributed by atoms with Crippen molar-refractivity contribution in [2.24, 2.45) is 0 Å². The minimum Gasteiger partial charge on any atom is -0.329 e. The molecule has 0 N–H and O–H groups in total. The highest BCUT2D eigenvalue weighted by Crippen LogP contribution is 2.37. The van der Waals surface area contributed by atoms with Crippen molar-refractivity contribution in [3.05, 3.63) is 81.7 Å². The summed E-state index contributed by atoms with van der Waals surface area (Å²) in [6.45, 7) is 0.595. The summed E-state index contributed by atoms with van der Waals surface area (Å²) in [7, 11) is 0. The summed E-state index contributed by atoms with van der Waals surface area (Å²) < 4.78 is 42.7. The molecule has 0 fully saturated rings. The highest BCUT2D eigenvalue weighted by molar-refractivity contribution is 7.10. The second-order valence-electron chi connectivity index (χ2n) is 7.20. The van der Waals surface area contributed by atoms with Crippen LogP contribution in [0.4, 0.5) is 13.2 Å². The van der Waals surface area contributed by atoms with E-state index in [1.54, 1.807) is 36.5 Å². The first kappa shape index (κ1) is 20.7. The Hall–Kier alpha value is -3.17. The number of carbonyl (C=O) groups is 1. The first-order valence-electron chi connectivity index (χ1n) is 9.55. The molecular formula is C22H14ClF3N4OS. The lowest BCUT2D eigenvalue weighted by Gasteiger charge is -2.14. The van der Waals surface area contributed by atoms with Crippen LogP contribution >= 0.6 is 22.9 Å². The predicted molar refractivity (Wildman–Crippen MR) is 117 cm³/mol. The van der Waals surface area contributed by atoms with Gasteiger partial charge in [-0.15, -0.1) is 11.3 Å². The van der Waals surface area contributed by atoms with Gasteiger partial charge in [0.15, 0.2) is 11.3 Å². The van der Waals surface area contributed by atoms with Gasteiger partial charge in [-0.2, -0.15) is 13.2 Å². The van der Waals surface area contributed by atoms with Gasteiger partial charge in [0.2, 0.25) is 0 Å². The van der Waals surface area contributed by atoms with Crippen molar-refractivity contribution in [3.63, 3.8) is 0 Å². The number of alkyl halides is 3. The molecule has 4 aromatic rings. The smallest absolute Gasteiger partial charge is 0.329 e. The van der Waals surface area contributed by atoms with E-state index in [0.717, 1.165) is 21.0 Å². The monoisotopic (exact) mass is 474 g/mol. The molecule has 0 saturated heterocycles. The maximum Gasteiger partial charge on any atom is 0.420 e. The predicted octanol–water partition coefficient (Wildman–Crippen LogP) is 5.67. The lowest BCUT2D eigenvalue weighted by molar-refractivity contribution is -0.136. The second kappa shape index (κ2) is 7.75. The van der Waals surface area contributed by atoms with Gasteiger partial charge in [0.25, 0.3) is 5.91 Å². The summed E-state index contributed by atoms with van der Waals surface area (Å²) in [5.41, 5.74) is 0.222. The van der Waals surface area contributed by atoms with Gasteiger partial charge in [-0.3, -0.25) is 9.20 Å². The molecule has 1 aromatic carbocycles. The minimum absolute atomic E-state index is 0.157. The van der Waals surface area contributed by atoms with E-state index in [1.165, 1.54) is 22.4 Å².